The number of hydrogen-bond acceptors (Lipinski definition) is 4. The predicted octanol–water partition coefficient (Wildman–Crippen LogP) is 2.04. The number of methoxy groups -OCH3 is 1. The van der Waals surface area contributed by atoms with Gasteiger partial charge in [0, 0.05) is 5.92 Å². The van der Waals surface area contributed by atoms with Gasteiger partial charge >= 0.3 is 5.97 Å². The van der Waals surface area contributed by atoms with E-state index in [-0.39, 0.29) is 12.5 Å². The molecule has 1 aromatic rings. The minimum atomic E-state index is -1.49. The number of hydrogen-bond donors (Lipinski definition) is 1. The molecule has 0 saturated heterocycles. The highest BCUT2D eigenvalue weighted by molar-refractivity contribution is 5.80. The van der Waals surface area contributed by atoms with Crippen LogP contribution in [0.1, 0.15) is 37.3 Å². The first kappa shape index (κ1) is 13.9. The Morgan fingerprint density at radius 1 is 1.53 bits per heavy atom. The van der Waals surface area contributed by atoms with Gasteiger partial charge in [0.2, 0.25) is 0 Å². The number of aliphatic hydroxyl groups is 1. The first-order chi connectivity index (χ1) is 9.00. The van der Waals surface area contributed by atoms with Gasteiger partial charge in [0.1, 0.15) is 5.75 Å². The molecule has 0 radical (unpaired) electrons. The number of carbonyl (C=O) groups excluding carboxylic acids is 1. The van der Waals surface area contributed by atoms with E-state index in [2.05, 4.69) is 0 Å². The standard InChI is InChI=1S/C15H20O4/c1-4-19-14(16)15(2,17)13-8-6-10-5-7-11(18-3)9-12(10)13/h5,7,9,13,17H,4,6,8H2,1-3H3. The largest absolute Gasteiger partial charge is 0.497 e. The Balaban J connectivity index is 2.32. The highest BCUT2D eigenvalue weighted by Crippen LogP contribution is 2.42. The van der Waals surface area contributed by atoms with Crippen molar-refractivity contribution in [2.45, 2.75) is 38.2 Å². The third-order valence-electron chi connectivity index (χ3n) is 3.80. The number of benzene rings is 1. The molecule has 0 saturated carbocycles. The Morgan fingerprint density at radius 2 is 2.26 bits per heavy atom. The molecular weight excluding hydrogens is 244 g/mol. The van der Waals surface area contributed by atoms with Gasteiger partial charge in [-0.25, -0.2) is 4.79 Å². The first-order valence-corrected chi connectivity index (χ1v) is 6.57. The number of esters is 1. The molecule has 0 aromatic heterocycles. The van der Waals surface area contributed by atoms with Gasteiger partial charge < -0.3 is 14.6 Å². The number of fused-ring (bicyclic) bond motifs is 1. The summed E-state index contributed by atoms with van der Waals surface area (Å²) < 4.78 is 10.2. The fourth-order valence-corrected chi connectivity index (χ4v) is 2.71. The topological polar surface area (TPSA) is 55.8 Å². The number of ether oxygens (including phenoxy) is 2. The quantitative estimate of drug-likeness (QED) is 0.845. The van der Waals surface area contributed by atoms with E-state index in [9.17, 15) is 9.90 Å². The van der Waals surface area contributed by atoms with Crippen LogP contribution in [0.25, 0.3) is 0 Å². The highest BCUT2D eigenvalue weighted by atomic mass is 16.5. The second kappa shape index (κ2) is 5.21. The molecule has 2 unspecified atom stereocenters. The molecule has 0 aliphatic heterocycles. The molecule has 1 N–H and O–H groups in total. The SMILES string of the molecule is CCOC(=O)C(C)(O)C1CCc2ccc(OC)cc21. The molecule has 0 spiro atoms. The lowest BCUT2D eigenvalue weighted by atomic mass is 9.84. The van der Waals surface area contributed by atoms with E-state index in [4.69, 9.17) is 9.47 Å². The predicted molar refractivity (Wildman–Crippen MR) is 71.3 cm³/mol. The Kier molecular flexibility index (Phi) is 3.80. The van der Waals surface area contributed by atoms with Crippen LogP contribution in [0.2, 0.25) is 0 Å². The van der Waals surface area contributed by atoms with Gasteiger partial charge in [-0.05, 0) is 49.9 Å². The van der Waals surface area contributed by atoms with Gasteiger partial charge in [-0.1, -0.05) is 6.07 Å². The molecular formula is C15H20O4. The van der Waals surface area contributed by atoms with E-state index < -0.39 is 11.6 Å². The second-order valence-corrected chi connectivity index (χ2v) is 5.02. The van der Waals surface area contributed by atoms with Crippen molar-refractivity contribution in [3.8, 4) is 5.75 Å². The molecule has 4 nitrogen and oxygen atoms in total. The minimum Gasteiger partial charge on any atom is -0.497 e. The van der Waals surface area contributed by atoms with Crippen molar-refractivity contribution in [2.24, 2.45) is 0 Å². The van der Waals surface area contributed by atoms with Gasteiger partial charge in [0.05, 0.1) is 13.7 Å². The van der Waals surface area contributed by atoms with Crippen molar-refractivity contribution in [3.63, 3.8) is 0 Å². The maximum absolute atomic E-state index is 11.9. The van der Waals surface area contributed by atoms with Gasteiger partial charge in [-0.2, -0.15) is 0 Å². The zero-order chi connectivity index (χ0) is 14.0. The van der Waals surface area contributed by atoms with Crippen molar-refractivity contribution in [1.29, 1.82) is 0 Å². The summed E-state index contributed by atoms with van der Waals surface area (Å²) in [6, 6.07) is 5.80. The van der Waals surface area contributed by atoms with Gasteiger partial charge in [0.25, 0.3) is 0 Å². The fraction of sp³-hybridized carbons (Fsp3) is 0.533. The molecule has 1 aliphatic carbocycles. The van der Waals surface area contributed by atoms with Crippen LogP contribution in [-0.4, -0.2) is 30.4 Å². The Morgan fingerprint density at radius 3 is 2.89 bits per heavy atom. The Hall–Kier alpha value is -1.55. The Bertz CT molecular complexity index is 479. The van der Waals surface area contributed by atoms with Crippen LogP contribution in [0.5, 0.6) is 5.75 Å². The number of carbonyl (C=O) groups is 1. The number of aryl methyl sites for hydroxylation is 1. The normalized spacial score (nSPS) is 20.5. The second-order valence-electron chi connectivity index (χ2n) is 5.02. The molecule has 1 aromatic carbocycles. The van der Waals surface area contributed by atoms with E-state index in [1.54, 1.807) is 14.0 Å². The van der Waals surface area contributed by atoms with E-state index in [1.165, 1.54) is 6.92 Å². The molecule has 0 bridgehead atoms. The maximum atomic E-state index is 11.9. The Labute approximate surface area is 113 Å². The average Bonchev–Trinajstić information content (AvgIpc) is 2.82. The van der Waals surface area contributed by atoms with Crippen molar-refractivity contribution in [1.82, 2.24) is 0 Å². The summed E-state index contributed by atoms with van der Waals surface area (Å²) in [7, 11) is 1.61. The summed E-state index contributed by atoms with van der Waals surface area (Å²) in [5, 5.41) is 10.5. The van der Waals surface area contributed by atoms with Crippen molar-refractivity contribution in [3.05, 3.63) is 29.3 Å². The maximum Gasteiger partial charge on any atom is 0.338 e. The zero-order valence-electron chi connectivity index (χ0n) is 11.6. The third-order valence-corrected chi connectivity index (χ3v) is 3.80. The zero-order valence-corrected chi connectivity index (χ0v) is 11.6. The summed E-state index contributed by atoms with van der Waals surface area (Å²) in [4.78, 5) is 11.9. The molecule has 1 aliphatic rings. The molecule has 0 amide bonds. The minimum absolute atomic E-state index is 0.239. The summed E-state index contributed by atoms with van der Waals surface area (Å²) >= 11 is 0. The summed E-state index contributed by atoms with van der Waals surface area (Å²) in [5.41, 5.74) is 0.654. The smallest absolute Gasteiger partial charge is 0.338 e. The van der Waals surface area contributed by atoms with Gasteiger partial charge in [0.15, 0.2) is 5.60 Å². The van der Waals surface area contributed by atoms with E-state index >= 15 is 0 Å². The highest BCUT2D eigenvalue weighted by Gasteiger charge is 2.44. The van der Waals surface area contributed by atoms with Gasteiger partial charge in [-0.15, -0.1) is 0 Å². The molecule has 2 rings (SSSR count). The van der Waals surface area contributed by atoms with Crippen molar-refractivity contribution in [2.75, 3.05) is 13.7 Å². The van der Waals surface area contributed by atoms with E-state index in [0.29, 0.717) is 0 Å². The molecule has 104 valence electrons. The molecule has 19 heavy (non-hydrogen) atoms. The van der Waals surface area contributed by atoms with Crippen molar-refractivity contribution < 1.29 is 19.4 Å². The van der Waals surface area contributed by atoms with Crippen LogP contribution < -0.4 is 4.74 Å². The van der Waals surface area contributed by atoms with E-state index in [0.717, 1.165) is 29.7 Å². The lowest BCUT2D eigenvalue weighted by Gasteiger charge is -2.28. The lowest BCUT2D eigenvalue weighted by molar-refractivity contribution is -0.165. The lowest BCUT2D eigenvalue weighted by Crippen LogP contribution is -2.42. The van der Waals surface area contributed by atoms with Crippen LogP contribution in [0, 0.1) is 0 Å². The first-order valence-electron chi connectivity index (χ1n) is 6.57. The van der Waals surface area contributed by atoms with Crippen LogP contribution in [0.3, 0.4) is 0 Å². The van der Waals surface area contributed by atoms with Crippen LogP contribution in [0.15, 0.2) is 18.2 Å². The van der Waals surface area contributed by atoms with Crippen LogP contribution in [0.4, 0.5) is 0 Å². The van der Waals surface area contributed by atoms with Crippen LogP contribution >= 0.6 is 0 Å². The third kappa shape index (κ3) is 2.45. The molecule has 2 atom stereocenters. The summed E-state index contributed by atoms with van der Waals surface area (Å²) in [6.07, 6.45) is 1.61. The van der Waals surface area contributed by atoms with Crippen molar-refractivity contribution >= 4 is 5.97 Å². The molecule has 0 fully saturated rings. The van der Waals surface area contributed by atoms with E-state index in [1.807, 2.05) is 18.2 Å². The van der Waals surface area contributed by atoms with Crippen LogP contribution in [-0.2, 0) is 16.0 Å². The monoisotopic (exact) mass is 264 g/mol. The number of rotatable bonds is 4. The summed E-state index contributed by atoms with van der Waals surface area (Å²) in [6.45, 7) is 3.54. The average molecular weight is 264 g/mol. The van der Waals surface area contributed by atoms with Gasteiger partial charge in [-0.3, -0.25) is 0 Å². The molecule has 0 heterocycles. The fourth-order valence-electron chi connectivity index (χ4n) is 2.71. The molecule has 4 heteroatoms. The summed E-state index contributed by atoms with van der Waals surface area (Å²) in [5.74, 6) is -0.0578.